The molecule has 9 nitrogen and oxygen atoms in total. The highest BCUT2D eigenvalue weighted by molar-refractivity contribution is 7.89. The lowest BCUT2D eigenvalue weighted by molar-refractivity contribution is 0.0710. The lowest BCUT2D eigenvalue weighted by Crippen LogP contribution is -2.46. The molecular formula is C21H26N2O7S. The van der Waals surface area contributed by atoms with Gasteiger partial charge in [-0.15, -0.1) is 0 Å². The Balaban J connectivity index is 1.69. The van der Waals surface area contributed by atoms with Crippen molar-refractivity contribution in [2.45, 2.75) is 37.6 Å². The van der Waals surface area contributed by atoms with Crippen LogP contribution in [-0.2, 0) is 10.0 Å². The summed E-state index contributed by atoms with van der Waals surface area (Å²) in [5.74, 6) is -2.02. The van der Waals surface area contributed by atoms with E-state index in [1.165, 1.54) is 12.0 Å². The molecule has 1 aliphatic heterocycles. The smallest absolute Gasteiger partial charge is 0.254 e. The van der Waals surface area contributed by atoms with Crippen molar-refractivity contribution >= 4 is 15.9 Å². The predicted octanol–water partition coefficient (Wildman–Crippen LogP) is 2.01. The van der Waals surface area contributed by atoms with E-state index in [0.29, 0.717) is 25.9 Å². The van der Waals surface area contributed by atoms with E-state index in [0.717, 1.165) is 23.3 Å². The normalized spacial score (nSPS) is 15.1. The fourth-order valence-electron chi connectivity index (χ4n) is 3.53. The zero-order chi connectivity index (χ0) is 22.9. The number of phenolic OH excluding ortho intramolecular Hbond substituents is 3. The number of nitrogens with zero attached hydrogens (tertiary/aromatic N) is 1. The molecule has 1 fully saturated rings. The molecule has 0 radical (unpaired) electrons. The van der Waals surface area contributed by atoms with Gasteiger partial charge in [-0.2, -0.15) is 0 Å². The first-order valence-corrected chi connectivity index (χ1v) is 11.2. The minimum absolute atomic E-state index is 0.0340. The minimum atomic E-state index is -3.82. The second-order valence-electron chi connectivity index (χ2n) is 7.64. The number of rotatable bonds is 5. The maximum atomic E-state index is 12.9. The van der Waals surface area contributed by atoms with Crippen LogP contribution in [0.4, 0.5) is 0 Å². The van der Waals surface area contributed by atoms with Crippen molar-refractivity contribution in [2.75, 3.05) is 20.2 Å². The summed E-state index contributed by atoms with van der Waals surface area (Å²) in [7, 11) is -2.40. The van der Waals surface area contributed by atoms with Crippen molar-refractivity contribution in [3.05, 3.63) is 41.0 Å². The van der Waals surface area contributed by atoms with Crippen molar-refractivity contribution in [3.8, 4) is 23.0 Å². The van der Waals surface area contributed by atoms with E-state index in [2.05, 4.69) is 4.72 Å². The topological polar surface area (TPSA) is 136 Å². The van der Waals surface area contributed by atoms with E-state index in [1.807, 2.05) is 13.8 Å². The summed E-state index contributed by atoms with van der Waals surface area (Å²) in [5.41, 5.74) is 1.79. The fraction of sp³-hybridized carbons (Fsp3) is 0.381. The number of hydrogen-bond donors (Lipinski definition) is 4. The van der Waals surface area contributed by atoms with E-state index in [4.69, 9.17) is 4.74 Å². The molecule has 3 rings (SSSR count). The van der Waals surface area contributed by atoms with E-state index < -0.39 is 33.2 Å². The molecule has 0 atom stereocenters. The molecule has 0 spiro atoms. The number of amides is 1. The Labute approximate surface area is 180 Å². The first-order valence-electron chi connectivity index (χ1n) is 9.75. The fourth-order valence-corrected chi connectivity index (χ4v) is 5.07. The van der Waals surface area contributed by atoms with Crippen molar-refractivity contribution in [2.24, 2.45) is 0 Å². The average Bonchev–Trinajstić information content (AvgIpc) is 2.73. The molecule has 0 aromatic heterocycles. The highest BCUT2D eigenvalue weighted by Gasteiger charge is 2.29. The summed E-state index contributed by atoms with van der Waals surface area (Å²) in [5, 5.41) is 28.7. The van der Waals surface area contributed by atoms with Gasteiger partial charge in [-0.05, 0) is 62.1 Å². The molecule has 0 unspecified atom stereocenters. The van der Waals surface area contributed by atoms with Crippen LogP contribution >= 0.6 is 0 Å². The number of aryl methyl sites for hydroxylation is 2. The van der Waals surface area contributed by atoms with Crippen LogP contribution in [-0.4, -0.2) is 60.8 Å². The second kappa shape index (κ2) is 8.64. The number of sulfonamides is 1. The van der Waals surface area contributed by atoms with Gasteiger partial charge in [0.1, 0.15) is 10.6 Å². The standard InChI is InChI=1S/C21H26N2O7S/c1-12-8-18(30-3)19(9-13(12)2)31(28,29)22-15-4-6-23(7-5-15)21(27)14-10-16(24)20(26)17(25)11-14/h8-11,15,22,24-26H,4-7H2,1-3H3. The Morgan fingerprint density at radius 2 is 1.58 bits per heavy atom. The van der Waals surface area contributed by atoms with Crippen LogP contribution in [0.5, 0.6) is 23.0 Å². The Kier molecular flexibility index (Phi) is 6.33. The number of nitrogens with one attached hydrogen (secondary N) is 1. The zero-order valence-corrected chi connectivity index (χ0v) is 18.4. The number of aromatic hydroxyl groups is 3. The number of hydrogen-bond acceptors (Lipinski definition) is 7. The monoisotopic (exact) mass is 450 g/mol. The van der Waals surface area contributed by atoms with Gasteiger partial charge in [-0.3, -0.25) is 4.79 Å². The summed E-state index contributed by atoms with van der Waals surface area (Å²) in [6.45, 7) is 4.29. The Morgan fingerprint density at radius 1 is 1.03 bits per heavy atom. The van der Waals surface area contributed by atoms with Gasteiger partial charge in [0.2, 0.25) is 10.0 Å². The molecule has 31 heavy (non-hydrogen) atoms. The Hall–Kier alpha value is -2.98. The molecule has 1 saturated heterocycles. The van der Waals surface area contributed by atoms with Crippen LogP contribution in [0.1, 0.15) is 34.3 Å². The lowest BCUT2D eigenvalue weighted by atomic mass is 10.0. The largest absolute Gasteiger partial charge is 0.504 e. The first-order chi connectivity index (χ1) is 14.5. The molecule has 4 N–H and O–H groups in total. The number of phenols is 3. The summed E-state index contributed by atoms with van der Waals surface area (Å²) in [6.07, 6.45) is 0.794. The second-order valence-corrected chi connectivity index (χ2v) is 9.32. The average molecular weight is 451 g/mol. The summed E-state index contributed by atoms with van der Waals surface area (Å²) < 4.78 is 33.8. The number of benzene rings is 2. The van der Waals surface area contributed by atoms with Crippen molar-refractivity contribution in [1.82, 2.24) is 9.62 Å². The van der Waals surface area contributed by atoms with Gasteiger partial charge >= 0.3 is 0 Å². The summed E-state index contributed by atoms with van der Waals surface area (Å²) in [6, 6.07) is 5.07. The van der Waals surface area contributed by atoms with Crippen LogP contribution in [0.25, 0.3) is 0 Å². The molecule has 1 heterocycles. The molecular weight excluding hydrogens is 424 g/mol. The van der Waals surface area contributed by atoms with Gasteiger partial charge in [-0.1, -0.05) is 0 Å². The van der Waals surface area contributed by atoms with E-state index in [-0.39, 0.29) is 22.3 Å². The summed E-state index contributed by atoms with van der Waals surface area (Å²) >= 11 is 0. The molecule has 2 aromatic carbocycles. The van der Waals surface area contributed by atoms with E-state index in [9.17, 15) is 28.5 Å². The van der Waals surface area contributed by atoms with Gasteiger partial charge < -0.3 is 25.0 Å². The third kappa shape index (κ3) is 4.70. The summed E-state index contributed by atoms with van der Waals surface area (Å²) in [4.78, 5) is 14.2. The van der Waals surface area contributed by atoms with Crippen LogP contribution in [0.3, 0.4) is 0 Å². The van der Waals surface area contributed by atoms with Crippen LogP contribution in [0.15, 0.2) is 29.2 Å². The number of carbonyl (C=O) groups is 1. The Morgan fingerprint density at radius 3 is 2.13 bits per heavy atom. The van der Waals surface area contributed by atoms with Crippen LogP contribution in [0, 0.1) is 13.8 Å². The van der Waals surface area contributed by atoms with Crippen LogP contribution in [0.2, 0.25) is 0 Å². The number of carbonyl (C=O) groups excluding carboxylic acids is 1. The molecule has 10 heteroatoms. The van der Waals surface area contributed by atoms with Crippen molar-refractivity contribution < 1.29 is 33.3 Å². The van der Waals surface area contributed by atoms with E-state index >= 15 is 0 Å². The predicted molar refractivity (Wildman–Crippen MR) is 113 cm³/mol. The van der Waals surface area contributed by atoms with Crippen molar-refractivity contribution in [3.63, 3.8) is 0 Å². The van der Waals surface area contributed by atoms with Gasteiger partial charge in [0, 0.05) is 24.7 Å². The third-order valence-electron chi connectivity index (χ3n) is 5.49. The lowest BCUT2D eigenvalue weighted by Gasteiger charge is -2.32. The maximum absolute atomic E-state index is 12.9. The highest BCUT2D eigenvalue weighted by Crippen LogP contribution is 2.36. The van der Waals surface area contributed by atoms with Gasteiger partial charge in [0.05, 0.1) is 7.11 Å². The number of ether oxygens (including phenoxy) is 1. The molecule has 168 valence electrons. The molecule has 0 aliphatic carbocycles. The molecule has 1 aliphatic rings. The third-order valence-corrected chi connectivity index (χ3v) is 7.03. The quantitative estimate of drug-likeness (QED) is 0.512. The van der Waals surface area contributed by atoms with Crippen molar-refractivity contribution in [1.29, 1.82) is 0 Å². The van der Waals surface area contributed by atoms with Crippen LogP contribution < -0.4 is 9.46 Å². The molecule has 0 saturated carbocycles. The molecule has 0 bridgehead atoms. The maximum Gasteiger partial charge on any atom is 0.254 e. The number of methoxy groups -OCH3 is 1. The zero-order valence-electron chi connectivity index (χ0n) is 17.5. The van der Waals surface area contributed by atoms with Gasteiger partial charge in [-0.25, -0.2) is 13.1 Å². The number of likely N-dealkylation sites (tertiary alicyclic amines) is 1. The molecule has 2 aromatic rings. The van der Waals surface area contributed by atoms with Gasteiger partial charge in [0.25, 0.3) is 5.91 Å². The molecule has 1 amide bonds. The first kappa shape index (κ1) is 22.7. The van der Waals surface area contributed by atoms with E-state index in [1.54, 1.807) is 12.1 Å². The van der Waals surface area contributed by atoms with Gasteiger partial charge in [0.15, 0.2) is 17.2 Å². The number of piperidine rings is 1. The Bertz CT molecular complexity index is 1080. The SMILES string of the molecule is COc1cc(C)c(C)cc1S(=O)(=O)NC1CCN(C(=O)c2cc(O)c(O)c(O)c2)CC1. The minimum Gasteiger partial charge on any atom is -0.504 e. The highest BCUT2D eigenvalue weighted by atomic mass is 32.2.